The molecule has 1 heterocycles. The zero-order valence-corrected chi connectivity index (χ0v) is 16.0. The zero-order chi connectivity index (χ0) is 17.7. The van der Waals surface area contributed by atoms with Crippen LogP contribution < -0.4 is 10.6 Å². The summed E-state index contributed by atoms with van der Waals surface area (Å²) >= 11 is 0. The fraction of sp³-hybridized carbons (Fsp3) is 0.944. The van der Waals surface area contributed by atoms with Gasteiger partial charge in [-0.25, -0.2) is 0 Å². The molecule has 1 aliphatic carbocycles. The van der Waals surface area contributed by atoms with Gasteiger partial charge >= 0.3 is 0 Å². The van der Waals surface area contributed by atoms with Crippen LogP contribution in [-0.4, -0.2) is 90.3 Å². The van der Waals surface area contributed by atoms with Crippen molar-refractivity contribution in [2.24, 2.45) is 10.9 Å². The van der Waals surface area contributed by atoms with Crippen LogP contribution in [0.5, 0.6) is 0 Å². The minimum absolute atomic E-state index is 0.593. The van der Waals surface area contributed by atoms with Crippen molar-refractivity contribution in [2.75, 3.05) is 73.4 Å². The average Bonchev–Trinajstić information content (AvgIpc) is 3.34. The van der Waals surface area contributed by atoms with Gasteiger partial charge in [-0.2, -0.15) is 0 Å². The molecule has 0 aromatic carbocycles. The number of ether oxygens (including phenoxy) is 3. The lowest BCUT2D eigenvalue weighted by Gasteiger charge is -2.22. The largest absolute Gasteiger partial charge is 0.383 e. The summed E-state index contributed by atoms with van der Waals surface area (Å²) in [6.07, 6.45) is 4.76. The van der Waals surface area contributed by atoms with Crippen LogP contribution in [0.4, 0.5) is 0 Å². The van der Waals surface area contributed by atoms with Crippen LogP contribution >= 0.6 is 0 Å². The molecular formula is C18H36N4O3. The maximum absolute atomic E-state index is 5.72. The van der Waals surface area contributed by atoms with Gasteiger partial charge in [-0.1, -0.05) is 0 Å². The number of methoxy groups -OCH3 is 1. The third kappa shape index (κ3) is 8.85. The maximum atomic E-state index is 5.72. The summed E-state index contributed by atoms with van der Waals surface area (Å²) < 4.78 is 16.3. The van der Waals surface area contributed by atoms with Crippen molar-refractivity contribution in [3.05, 3.63) is 0 Å². The van der Waals surface area contributed by atoms with Crippen molar-refractivity contribution in [3.63, 3.8) is 0 Å². The van der Waals surface area contributed by atoms with Crippen molar-refractivity contribution in [1.29, 1.82) is 0 Å². The Morgan fingerprint density at radius 2 is 2.00 bits per heavy atom. The Labute approximate surface area is 152 Å². The number of hydrogen-bond acceptors (Lipinski definition) is 5. The van der Waals surface area contributed by atoms with E-state index in [1.165, 1.54) is 12.8 Å². The molecule has 7 heteroatoms. The molecule has 25 heavy (non-hydrogen) atoms. The minimum Gasteiger partial charge on any atom is -0.383 e. The Kier molecular flexibility index (Phi) is 10.2. The molecule has 1 saturated carbocycles. The molecule has 146 valence electrons. The fourth-order valence-electron chi connectivity index (χ4n) is 3.01. The lowest BCUT2D eigenvalue weighted by atomic mass is 10.1. The molecule has 1 saturated heterocycles. The van der Waals surface area contributed by atoms with Crippen LogP contribution in [0.25, 0.3) is 0 Å². The lowest BCUT2D eigenvalue weighted by Crippen LogP contribution is -2.43. The van der Waals surface area contributed by atoms with Crippen LogP contribution in [0.1, 0.15) is 25.7 Å². The van der Waals surface area contributed by atoms with Gasteiger partial charge in [0.05, 0.1) is 19.8 Å². The monoisotopic (exact) mass is 356 g/mol. The number of nitrogens with one attached hydrogen (secondary N) is 2. The molecule has 0 amide bonds. The fourth-order valence-corrected chi connectivity index (χ4v) is 3.01. The summed E-state index contributed by atoms with van der Waals surface area (Å²) in [6.45, 7) is 7.97. The Balaban J connectivity index is 1.47. The van der Waals surface area contributed by atoms with E-state index in [9.17, 15) is 0 Å². The average molecular weight is 357 g/mol. The predicted molar refractivity (Wildman–Crippen MR) is 100 cm³/mol. The van der Waals surface area contributed by atoms with E-state index in [0.29, 0.717) is 5.92 Å². The second kappa shape index (κ2) is 12.5. The second-order valence-corrected chi connectivity index (χ2v) is 6.84. The highest BCUT2D eigenvalue weighted by atomic mass is 16.5. The van der Waals surface area contributed by atoms with Gasteiger partial charge in [-0.15, -0.1) is 0 Å². The summed E-state index contributed by atoms with van der Waals surface area (Å²) in [6, 6.07) is 0.759. The van der Waals surface area contributed by atoms with Gasteiger partial charge < -0.3 is 24.8 Å². The van der Waals surface area contributed by atoms with Gasteiger partial charge in [-0.05, 0) is 25.7 Å². The summed E-state index contributed by atoms with van der Waals surface area (Å²) in [7, 11) is 3.58. The van der Waals surface area contributed by atoms with Gasteiger partial charge in [0.2, 0.25) is 0 Å². The molecule has 0 radical (unpaired) electrons. The minimum atomic E-state index is 0.593. The first-order valence-corrected chi connectivity index (χ1v) is 9.66. The van der Waals surface area contributed by atoms with E-state index in [0.717, 1.165) is 84.1 Å². The second-order valence-electron chi connectivity index (χ2n) is 6.84. The zero-order valence-electron chi connectivity index (χ0n) is 16.0. The Morgan fingerprint density at radius 1 is 1.16 bits per heavy atom. The Hall–Kier alpha value is -0.890. The van der Waals surface area contributed by atoms with Gasteiger partial charge in [0.1, 0.15) is 0 Å². The van der Waals surface area contributed by atoms with E-state index in [1.54, 1.807) is 7.11 Å². The molecule has 0 aromatic heterocycles. The molecule has 0 aromatic rings. The number of aliphatic imine (C=N–C) groups is 1. The van der Waals surface area contributed by atoms with Crippen molar-refractivity contribution >= 4 is 5.96 Å². The first kappa shape index (κ1) is 20.4. The van der Waals surface area contributed by atoms with E-state index in [1.807, 2.05) is 7.05 Å². The van der Waals surface area contributed by atoms with Gasteiger partial charge in [0, 0.05) is 65.5 Å². The quantitative estimate of drug-likeness (QED) is 0.288. The van der Waals surface area contributed by atoms with Gasteiger partial charge in [-0.3, -0.25) is 9.89 Å². The molecule has 0 bridgehead atoms. The predicted octanol–water partition coefficient (Wildman–Crippen LogP) is 0.705. The molecular weight excluding hydrogens is 320 g/mol. The lowest BCUT2D eigenvalue weighted by molar-refractivity contribution is 0.0888. The smallest absolute Gasteiger partial charge is 0.191 e. The van der Waals surface area contributed by atoms with Crippen LogP contribution in [0.3, 0.4) is 0 Å². The molecule has 2 fully saturated rings. The molecule has 2 rings (SSSR count). The number of guanidine groups is 1. The van der Waals surface area contributed by atoms with Gasteiger partial charge in [0.25, 0.3) is 0 Å². The molecule has 0 spiro atoms. The normalized spacial score (nSPS) is 21.1. The number of rotatable bonds is 13. The van der Waals surface area contributed by atoms with E-state index in [-0.39, 0.29) is 0 Å². The molecule has 7 nitrogen and oxygen atoms in total. The summed E-state index contributed by atoms with van der Waals surface area (Å²) in [5, 5.41) is 6.74. The van der Waals surface area contributed by atoms with Crippen molar-refractivity contribution in [3.8, 4) is 0 Å². The first-order chi connectivity index (χ1) is 12.3. The van der Waals surface area contributed by atoms with Crippen molar-refractivity contribution in [2.45, 2.75) is 31.7 Å². The Bertz CT molecular complexity index is 371. The topological polar surface area (TPSA) is 67.4 Å². The van der Waals surface area contributed by atoms with E-state index >= 15 is 0 Å². The molecule has 1 unspecified atom stereocenters. The third-order valence-corrected chi connectivity index (χ3v) is 4.70. The Morgan fingerprint density at radius 3 is 2.68 bits per heavy atom. The molecule has 2 aliphatic rings. The van der Waals surface area contributed by atoms with Crippen molar-refractivity contribution in [1.82, 2.24) is 15.5 Å². The van der Waals surface area contributed by atoms with Crippen LogP contribution in [0, 0.1) is 5.92 Å². The summed E-state index contributed by atoms with van der Waals surface area (Å²) in [5.74, 6) is 1.46. The highest BCUT2D eigenvalue weighted by Gasteiger charge is 2.28. The molecule has 1 atom stereocenters. The highest BCUT2D eigenvalue weighted by Crippen LogP contribution is 2.25. The molecule has 2 N–H and O–H groups in total. The van der Waals surface area contributed by atoms with Crippen LogP contribution in [-0.2, 0) is 14.2 Å². The van der Waals surface area contributed by atoms with E-state index < -0.39 is 0 Å². The summed E-state index contributed by atoms with van der Waals surface area (Å²) in [4.78, 5) is 6.79. The maximum Gasteiger partial charge on any atom is 0.191 e. The summed E-state index contributed by atoms with van der Waals surface area (Å²) in [5.41, 5.74) is 0. The molecule has 1 aliphatic heterocycles. The van der Waals surface area contributed by atoms with Crippen molar-refractivity contribution < 1.29 is 14.2 Å². The third-order valence-electron chi connectivity index (χ3n) is 4.70. The van der Waals surface area contributed by atoms with E-state index in [2.05, 4.69) is 20.5 Å². The standard InChI is InChI=1S/C18H36N4O3/c1-19-18(20-7-3-11-24-14-16-6-12-25-15-16)21-8-9-22(10-13-23-2)17-4-5-17/h16-17H,3-15H2,1-2H3,(H2,19,20,21). The SMILES string of the molecule is CN=C(NCCCOCC1CCOC1)NCCN(CCOC)C1CC1. The van der Waals surface area contributed by atoms with E-state index in [4.69, 9.17) is 14.2 Å². The first-order valence-electron chi connectivity index (χ1n) is 9.66. The number of nitrogens with zero attached hydrogens (tertiary/aromatic N) is 2. The van der Waals surface area contributed by atoms with Crippen LogP contribution in [0.15, 0.2) is 4.99 Å². The van der Waals surface area contributed by atoms with Crippen LogP contribution in [0.2, 0.25) is 0 Å². The number of hydrogen-bond donors (Lipinski definition) is 2. The highest BCUT2D eigenvalue weighted by molar-refractivity contribution is 5.79. The van der Waals surface area contributed by atoms with Gasteiger partial charge in [0.15, 0.2) is 5.96 Å².